The zero-order chi connectivity index (χ0) is 12.1. The van der Waals surface area contributed by atoms with Crippen molar-refractivity contribution in [2.75, 3.05) is 5.73 Å². The molecule has 18 heavy (non-hydrogen) atoms. The van der Waals surface area contributed by atoms with Crippen molar-refractivity contribution < 1.29 is 0 Å². The Morgan fingerprint density at radius 1 is 0.722 bits per heavy atom. The van der Waals surface area contributed by atoms with Crippen LogP contribution in [-0.4, -0.2) is 0 Å². The fraction of sp³-hybridized carbons (Fsp3) is 0.0588. The minimum Gasteiger partial charge on any atom is -0.399 e. The van der Waals surface area contributed by atoms with E-state index in [0.717, 1.165) is 12.1 Å². The van der Waals surface area contributed by atoms with E-state index in [9.17, 15) is 0 Å². The Morgan fingerprint density at radius 3 is 2.28 bits per heavy atom. The second-order valence-corrected chi connectivity index (χ2v) is 4.95. The standard InChI is InChI=1S/C17H13N/c18-15-5-6-16-14(9-15)8-13-7-11-3-1-2-4-12(11)10-17(13)16/h1-7,9-10H,8,18H2. The Kier molecular flexibility index (Phi) is 1.81. The van der Waals surface area contributed by atoms with Crippen molar-refractivity contribution >= 4 is 16.5 Å². The highest BCUT2D eigenvalue weighted by atomic mass is 14.5. The Morgan fingerprint density at radius 2 is 1.44 bits per heavy atom. The molecule has 0 saturated heterocycles. The van der Waals surface area contributed by atoms with Crippen LogP contribution in [0.5, 0.6) is 0 Å². The third-order valence-corrected chi connectivity index (χ3v) is 3.77. The van der Waals surface area contributed by atoms with Gasteiger partial charge in [0.25, 0.3) is 0 Å². The summed E-state index contributed by atoms with van der Waals surface area (Å²) in [6.45, 7) is 0. The molecular formula is C17H13N. The number of anilines is 1. The van der Waals surface area contributed by atoms with Crippen molar-refractivity contribution in [3.05, 3.63) is 65.7 Å². The van der Waals surface area contributed by atoms with Crippen LogP contribution in [0.25, 0.3) is 21.9 Å². The Bertz CT molecular complexity index is 772. The number of nitrogen functional groups attached to an aromatic ring is 1. The third-order valence-electron chi connectivity index (χ3n) is 3.77. The molecule has 1 heteroatoms. The van der Waals surface area contributed by atoms with Gasteiger partial charge in [-0.05, 0) is 57.6 Å². The van der Waals surface area contributed by atoms with Gasteiger partial charge in [-0.3, -0.25) is 0 Å². The van der Waals surface area contributed by atoms with E-state index in [1.807, 2.05) is 6.07 Å². The van der Waals surface area contributed by atoms with Crippen molar-refractivity contribution in [1.82, 2.24) is 0 Å². The van der Waals surface area contributed by atoms with E-state index in [1.54, 1.807) is 0 Å². The van der Waals surface area contributed by atoms with E-state index in [4.69, 9.17) is 5.73 Å². The summed E-state index contributed by atoms with van der Waals surface area (Å²) in [5, 5.41) is 2.62. The molecule has 0 heterocycles. The molecule has 0 amide bonds. The summed E-state index contributed by atoms with van der Waals surface area (Å²) in [4.78, 5) is 0. The molecule has 0 saturated carbocycles. The maximum Gasteiger partial charge on any atom is 0.0317 e. The van der Waals surface area contributed by atoms with Gasteiger partial charge in [-0.25, -0.2) is 0 Å². The number of nitrogens with two attached hydrogens (primary N) is 1. The minimum absolute atomic E-state index is 0.853. The average Bonchev–Trinajstić information content (AvgIpc) is 2.72. The molecule has 0 fully saturated rings. The molecule has 3 aromatic rings. The smallest absolute Gasteiger partial charge is 0.0317 e. The predicted octanol–water partition coefficient (Wildman–Crippen LogP) is 3.99. The van der Waals surface area contributed by atoms with Crippen LogP contribution in [-0.2, 0) is 6.42 Å². The molecule has 86 valence electrons. The highest BCUT2D eigenvalue weighted by molar-refractivity contribution is 5.92. The highest BCUT2D eigenvalue weighted by Gasteiger charge is 2.18. The van der Waals surface area contributed by atoms with Crippen LogP contribution in [0.15, 0.2) is 54.6 Å². The first-order chi connectivity index (χ1) is 8.81. The summed E-state index contributed by atoms with van der Waals surface area (Å²) in [7, 11) is 0. The van der Waals surface area contributed by atoms with Crippen LogP contribution < -0.4 is 5.73 Å². The van der Waals surface area contributed by atoms with Gasteiger partial charge in [0, 0.05) is 5.69 Å². The van der Waals surface area contributed by atoms with Gasteiger partial charge in [0.15, 0.2) is 0 Å². The lowest BCUT2D eigenvalue weighted by Gasteiger charge is -2.04. The van der Waals surface area contributed by atoms with Crippen molar-refractivity contribution in [3.8, 4) is 11.1 Å². The summed E-state index contributed by atoms with van der Waals surface area (Å²) in [6.07, 6.45) is 1.00. The van der Waals surface area contributed by atoms with E-state index in [1.165, 1.54) is 33.0 Å². The van der Waals surface area contributed by atoms with Gasteiger partial charge in [0.1, 0.15) is 0 Å². The third kappa shape index (κ3) is 1.28. The van der Waals surface area contributed by atoms with E-state index >= 15 is 0 Å². The maximum absolute atomic E-state index is 5.87. The molecule has 0 atom stereocenters. The number of fused-ring (bicyclic) bond motifs is 4. The molecular weight excluding hydrogens is 218 g/mol. The van der Waals surface area contributed by atoms with Gasteiger partial charge in [0.05, 0.1) is 0 Å². The van der Waals surface area contributed by atoms with Gasteiger partial charge in [-0.15, -0.1) is 0 Å². The lowest BCUT2D eigenvalue weighted by molar-refractivity contribution is 1.27. The zero-order valence-electron chi connectivity index (χ0n) is 9.98. The van der Waals surface area contributed by atoms with Gasteiger partial charge in [-0.1, -0.05) is 36.4 Å². The molecule has 3 aromatic carbocycles. The molecule has 0 radical (unpaired) electrons. The van der Waals surface area contributed by atoms with Crippen LogP contribution in [0.1, 0.15) is 11.1 Å². The predicted molar refractivity (Wildman–Crippen MR) is 76.6 cm³/mol. The Labute approximate surface area is 106 Å². The average molecular weight is 231 g/mol. The molecule has 0 bridgehead atoms. The molecule has 2 N–H and O–H groups in total. The first-order valence-electron chi connectivity index (χ1n) is 6.22. The van der Waals surface area contributed by atoms with Gasteiger partial charge < -0.3 is 5.73 Å². The highest BCUT2D eigenvalue weighted by Crippen LogP contribution is 2.39. The molecule has 0 aromatic heterocycles. The molecule has 0 aliphatic heterocycles. The topological polar surface area (TPSA) is 26.0 Å². The lowest BCUT2D eigenvalue weighted by atomic mass is 10.0. The fourth-order valence-electron chi connectivity index (χ4n) is 2.91. The van der Waals surface area contributed by atoms with Crippen LogP contribution >= 0.6 is 0 Å². The first kappa shape index (κ1) is 9.72. The Hall–Kier alpha value is -2.28. The molecule has 4 rings (SSSR count). The first-order valence-corrected chi connectivity index (χ1v) is 6.22. The van der Waals surface area contributed by atoms with Crippen LogP contribution in [0, 0.1) is 0 Å². The second kappa shape index (κ2) is 3.36. The number of hydrogen-bond acceptors (Lipinski definition) is 1. The summed E-state index contributed by atoms with van der Waals surface area (Å²) < 4.78 is 0. The summed E-state index contributed by atoms with van der Waals surface area (Å²) in [6, 6.07) is 19.4. The van der Waals surface area contributed by atoms with Gasteiger partial charge >= 0.3 is 0 Å². The molecule has 1 aliphatic carbocycles. The van der Waals surface area contributed by atoms with Crippen LogP contribution in [0.4, 0.5) is 5.69 Å². The largest absolute Gasteiger partial charge is 0.399 e. The second-order valence-electron chi connectivity index (χ2n) is 4.95. The molecule has 0 spiro atoms. The lowest BCUT2D eigenvalue weighted by Crippen LogP contribution is -1.86. The molecule has 0 unspecified atom stereocenters. The van der Waals surface area contributed by atoms with Gasteiger partial charge in [0.2, 0.25) is 0 Å². The van der Waals surface area contributed by atoms with E-state index in [2.05, 4.69) is 48.5 Å². The van der Waals surface area contributed by atoms with E-state index in [-0.39, 0.29) is 0 Å². The Balaban J connectivity index is 2.03. The van der Waals surface area contributed by atoms with Crippen molar-refractivity contribution in [3.63, 3.8) is 0 Å². The van der Waals surface area contributed by atoms with Crippen LogP contribution in [0.2, 0.25) is 0 Å². The number of benzene rings is 3. The normalized spacial score (nSPS) is 12.4. The molecule has 1 nitrogen and oxygen atoms in total. The monoisotopic (exact) mass is 231 g/mol. The summed E-state index contributed by atoms with van der Waals surface area (Å²) in [5.74, 6) is 0. The quantitative estimate of drug-likeness (QED) is 0.455. The maximum atomic E-state index is 5.87. The fourth-order valence-corrected chi connectivity index (χ4v) is 2.91. The van der Waals surface area contributed by atoms with E-state index in [0.29, 0.717) is 0 Å². The number of rotatable bonds is 0. The number of hydrogen-bond donors (Lipinski definition) is 1. The van der Waals surface area contributed by atoms with Crippen molar-refractivity contribution in [2.45, 2.75) is 6.42 Å². The van der Waals surface area contributed by atoms with E-state index < -0.39 is 0 Å². The summed E-state index contributed by atoms with van der Waals surface area (Å²) in [5.41, 5.74) is 12.2. The van der Waals surface area contributed by atoms with Gasteiger partial charge in [-0.2, -0.15) is 0 Å². The van der Waals surface area contributed by atoms with Crippen molar-refractivity contribution in [1.29, 1.82) is 0 Å². The minimum atomic E-state index is 0.853. The zero-order valence-corrected chi connectivity index (χ0v) is 9.98. The molecule has 1 aliphatic rings. The SMILES string of the molecule is Nc1ccc2c(c1)Cc1cc3ccccc3cc1-2. The van der Waals surface area contributed by atoms with Crippen molar-refractivity contribution in [2.24, 2.45) is 0 Å². The summed E-state index contributed by atoms with van der Waals surface area (Å²) >= 11 is 0. The van der Waals surface area contributed by atoms with Crippen LogP contribution in [0.3, 0.4) is 0 Å².